The number of nitrogens with zero attached hydrogens (tertiary/aromatic N) is 2. The summed E-state index contributed by atoms with van der Waals surface area (Å²) in [6.07, 6.45) is 1.61. The van der Waals surface area contributed by atoms with Crippen LogP contribution in [0.25, 0.3) is 0 Å². The number of hydrogen-bond acceptors (Lipinski definition) is 4. The lowest BCUT2D eigenvalue weighted by atomic mass is 10.3. The molecule has 0 radical (unpaired) electrons. The lowest BCUT2D eigenvalue weighted by Crippen LogP contribution is -2.21. The Kier molecular flexibility index (Phi) is 2.31. The number of oxazole rings is 1. The van der Waals surface area contributed by atoms with E-state index in [-0.39, 0.29) is 11.7 Å². The van der Waals surface area contributed by atoms with Crippen LogP contribution in [-0.2, 0) is 0 Å². The van der Waals surface area contributed by atoms with Crippen molar-refractivity contribution in [2.75, 3.05) is 0 Å². The van der Waals surface area contributed by atoms with E-state index in [0.29, 0.717) is 16.4 Å². The zero-order valence-corrected chi connectivity index (χ0v) is 9.09. The second-order valence-corrected chi connectivity index (χ2v) is 3.60. The lowest BCUT2D eigenvalue weighted by Gasteiger charge is -2.06. The predicted octanol–water partition coefficient (Wildman–Crippen LogP) is 1.14. The maximum absolute atomic E-state index is 11.4. The van der Waals surface area contributed by atoms with Gasteiger partial charge in [-0.3, -0.25) is 9.67 Å². The first kappa shape index (κ1) is 9.91. The van der Waals surface area contributed by atoms with Gasteiger partial charge in [-0.2, -0.15) is 0 Å². The van der Waals surface area contributed by atoms with Crippen molar-refractivity contribution in [1.82, 2.24) is 19.7 Å². The first-order valence-electron chi connectivity index (χ1n) is 4.41. The van der Waals surface area contributed by atoms with Gasteiger partial charge in [0.05, 0.1) is 6.20 Å². The van der Waals surface area contributed by atoms with E-state index in [0.717, 1.165) is 0 Å². The van der Waals surface area contributed by atoms with Crippen molar-refractivity contribution in [3.05, 3.63) is 33.1 Å². The van der Waals surface area contributed by atoms with E-state index in [9.17, 15) is 4.79 Å². The smallest absolute Gasteiger partial charge is 0.343 e. The standard InChI is InChI=1S/C8H10N4O2S/c1-4-3-9-6(14-4)5(2)12-7(13)10-11-8(12)15/h3,5H,1-2H3,(H,10,13)(H,11,15). The average Bonchev–Trinajstić information content (AvgIpc) is 2.73. The van der Waals surface area contributed by atoms with Crippen molar-refractivity contribution < 1.29 is 4.42 Å². The van der Waals surface area contributed by atoms with Crippen LogP contribution in [0.15, 0.2) is 15.4 Å². The Labute approximate surface area is 89.9 Å². The second kappa shape index (κ2) is 3.50. The molecule has 0 aliphatic heterocycles. The van der Waals surface area contributed by atoms with E-state index in [1.807, 2.05) is 0 Å². The molecule has 0 aliphatic rings. The van der Waals surface area contributed by atoms with Crippen LogP contribution in [0.5, 0.6) is 0 Å². The number of aromatic nitrogens is 4. The predicted molar refractivity (Wildman–Crippen MR) is 55.3 cm³/mol. The van der Waals surface area contributed by atoms with Gasteiger partial charge in [-0.05, 0) is 26.1 Å². The Bertz CT molecular complexity index is 548. The molecule has 80 valence electrons. The van der Waals surface area contributed by atoms with Gasteiger partial charge in [0.1, 0.15) is 11.8 Å². The lowest BCUT2D eigenvalue weighted by molar-refractivity contribution is 0.409. The molecule has 1 atom stereocenters. The Balaban J connectivity index is 2.49. The van der Waals surface area contributed by atoms with Gasteiger partial charge in [-0.25, -0.2) is 14.9 Å². The fourth-order valence-corrected chi connectivity index (χ4v) is 1.64. The van der Waals surface area contributed by atoms with Crippen LogP contribution in [-0.4, -0.2) is 19.7 Å². The minimum Gasteiger partial charge on any atom is -0.444 e. The van der Waals surface area contributed by atoms with Crippen LogP contribution in [0.2, 0.25) is 0 Å². The van der Waals surface area contributed by atoms with E-state index in [1.165, 1.54) is 4.57 Å². The minimum absolute atomic E-state index is 0.302. The van der Waals surface area contributed by atoms with Crippen LogP contribution in [0.3, 0.4) is 0 Å². The molecular formula is C8H10N4O2S. The van der Waals surface area contributed by atoms with E-state index in [4.69, 9.17) is 16.6 Å². The molecule has 0 aromatic carbocycles. The van der Waals surface area contributed by atoms with Crippen molar-refractivity contribution in [3.63, 3.8) is 0 Å². The van der Waals surface area contributed by atoms with Gasteiger partial charge in [0.2, 0.25) is 5.89 Å². The molecule has 6 nitrogen and oxygen atoms in total. The Morgan fingerprint density at radius 2 is 2.33 bits per heavy atom. The Morgan fingerprint density at radius 3 is 2.80 bits per heavy atom. The molecule has 0 spiro atoms. The molecule has 2 heterocycles. The summed E-state index contributed by atoms with van der Waals surface area (Å²) in [5.41, 5.74) is -0.302. The maximum Gasteiger partial charge on any atom is 0.343 e. The van der Waals surface area contributed by atoms with Gasteiger partial charge in [-0.15, -0.1) is 0 Å². The van der Waals surface area contributed by atoms with E-state index < -0.39 is 0 Å². The van der Waals surface area contributed by atoms with Crippen LogP contribution < -0.4 is 5.69 Å². The van der Waals surface area contributed by atoms with Crippen molar-refractivity contribution in [2.45, 2.75) is 19.9 Å². The van der Waals surface area contributed by atoms with Crippen LogP contribution in [0.4, 0.5) is 0 Å². The maximum atomic E-state index is 11.4. The largest absolute Gasteiger partial charge is 0.444 e. The number of aromatic amines is 2. The summed E-state index contributed by atoms with van der Waals surface area (Å²) in [6, 6.07) is -0.318. The molecule has 0 bridgehead atoms. The highest BCUT2D eigenvalue weighted by molar-refractivity contribution is 7.71. The summed E-state index contributed by atoms with van der Waals surface area (Å²) in [5, 5.41) is 4.97. The molecule has 1 unspecified atom stereocenters. The van der Waals surface area contributed by atoms with E-state index in [1.54, 1.807) is 20.0 Å². The first-order chi connectivity index (χ1) is 7.09. The zero-order chi connectivity index (χ0) is 11.0. The van der Waals surface area contributed by atoms with Gasteiger partial charge in [0.15, 0.2) is 4.77 Å². The average molecular weight is 226 g/mol. The topological polar surface area (TPSA) is 79.6 Å². The molecule has 2 aromatic heterocycles. The van der Waals surface area contributed by atoms with Crippen LogP contribution in [0.1, 0.15) is 24.6 Å². The summed E-state index contributed by atoms with van der Waals surface area (Å²) < 4.78 is 7.03. The zero-order valence-electron chi connectivity index (χ0n) is 8.27. The van der Waals surface area contributed by atoms with E-state index in [2.05, 4.69) is 15.2 Å². The van der Waals surface area contributed by atoms with Gasteiger partial charge in [-0.1, -0.05) is 0 Å². The summed E-state index contributed by atoms with van der Waals surface area (Å²) in [4.78, 5) is 15.5. The second-order valence-electron chi connectivity index (χ2n) is 3.22. The third-order valence-corrected chi connectivity index (χ3v) is 2.40. The van der Waals surface area contributed by atoms with Gasteiger partial charge < -0.3 is 4.42 Å². The first-order valence-corrected chi connectivity index (χ1v) is 4.82. The number of hydrogen-bond donors (Lipinski definition) is 2. The SMILES string of the molecule is Cc1cnc(C(C)n2c(=O)[nH][nH]c2=S)o1. The normalized spacial score (nSPS) is 12.9. The fourth-order valence-electron chi connectivity index (χ4n) is 1.35. The van der Waals surface area contributed by atoms with Crippen LogP contribution in [0, 0.1) is 11.7 Å². The number of H-pyrrole nitrogens is 2. The fraction of sp³-hybridized carbons (Fsp3) is 0.375. The van der Waals surface area contributed by atoms with Crippen molar-refractivity contribution in [3.8, 4) is 0 Å². The molecule has 0 saturated heterocycles. The monoisotopic (exact) mass is 226 g/mol. The molecular weight excluding hydrogens is 216 g/mol. The summed E-state index contributed by atoms with van der Waals surface area (Å²) in [7, 11) is 0. The van der Waals surface area contributed by atoms with Crippen molar-refractivity contribution >= 4 is 12.2 Å². The molecule has 0 amide bonds. The summed E-state index contributed by atoms with van der Waals surface area (Å²) in [5.74, 6) is 1.17. The Hall–Kier alpha value is -1.63. The Morgan fingerprint density at radius 1 is 1.60 bits per heavy atom. The highest BCUT2D eigenvalue weighted by Gasteiger charge is 2.16. The number of aryl methyl sites for hydroxylation is 1. The van der Waals surface area contributed by atoms with Gasteiger partial charge in [0, 0.05) is 0 Å². The highest BCUT2D eigenvalue weighted by atomic mass is 32.1. The highest BCUT2D eigenvalue weighted by Crippen LogP contribution is 2.15. The van der Waals surface area contributed by atoms with Crippen LogP contribution >= 0.6 is 12.2 Å². The molecule has 15 heavy (non-hydrogen) atoms. The van der Waals surface area contributed by atoms with Crippen molar-refractivity contribution in [2.24, 2.45) is 0 Å². The molecule has 2 aromatic rings. The molecule has 0 aliphatic carbocycles. The quantitative estimate of drug-likeness (QED) is 0.752. The third-order valence-electron chi connectivity index (χ3n) is 2.10. The third kappa shape index (κ3) is 1.65. The van der Waals surface area contributed by atoms with Gasteiger partial charge in [0.25, 0.3) is 0 Å². The molecule has 2 rings (SSSR count). The molecule has 0 saturated carbocycles. The van der Waals surface area contributed by atoms with E-state index >= 15 is 0 Å². The van der Waals surface area contributed by atoms with Gasteiger partial charge >= 0.3 is 5.69 Å². The summed E-state index contributed by atoms with van der Waals surface area (Å²) in [6.45, 7) is 3.59. The van der Waals surface area contributed by atoms with Crippen molar-refractivity contribution in [1.29, 1.82) is 0 Å². The summed E-state index contributed by atoms with van der Waals surface area (Å²) >= 11 is 4.96. The number of nitrogens with one attached hydrogen (secondary N) is 2. The number of rotatable bonds is 2. The minimum atomic E-state index is -0.318. The molecule has 0 fully saturated rings. The molecule has 2 N–H and O–H groups in total. The molecule has 7 heteroatoms.